The van der Waals surface area contributed by atoms with Gasteiger partial charge in [0.05, 0.1) is 17.6 Å². The van der Waals surface area contributed by atoms with Crippen molar-refractivity contribution in [3.05, 3.63) is 99.1 Å². The van der Waals surface area contributed by atoms with Crippen LogP contribution in [-0.4, -0.2) is 36.2 Å². The van der Waals surface area contributed by atoms with Crippen molar-refractivity contribution in [1.82, 2.24) is 0 Å². The van der Waals surface area contributed by atoms with Gasteiger partial charge in [0.1, 0.15) is 5.75 Å². The van der Waals surface area contributed by atoms with Crippen LogP contribution in [0.2, 0.25) is 0 Å². The van der Waals surface area contributed by atoms with Gasteiger partial charge in [-0.1, -0.05) is 30.3 Å². The second-order valence-corrected chi connectivity index (χ2v) is 7.19. The molecule has 0 fully saturated rings. The second kappa shape index (κ2) is 9.37. The second-order valence-electron chi connectivity index (χ2n) is 7.19. The Hall–Kier alpha value is -4.79. The predicted octanol–water partition coefficient (Wildman–Crippen LogP) is 4.05. The molecule has 0 heterocycles. The Morgan fingerprint density at radius 2 is 1.59 bits per heavy atom. The van der Waals surface area contributed by atoms with E-state index in [4.69, 9.17) is 14.2 Å². The van der Waals surface area contributed by atoms with Crippen LogP contribution in [0.1, 0.15) is 26.3 Å². The standard InChI is InChI=1S/C25H17NO8/c1-32-22-13-15(12-20-24(28)18-4-2-3-5-19(18)25(20)29)6-11-21(22)34-23(27)14-33-17-9-7-16(8-10-17)26(30)31/h2-13H,14H2,1H3. The molecule has 0 radical (unpaired) electrons. The highest BCUT2D eigenvalue weighted by molar-refractivity contribution is 6.41. The molecular weight excluding hydrogens is 442 g/mol. The van der Waals surface area contributed by atoms with Crippen LogP contribution in [0.3, 0.4) is 0 Å². The third-order valence-corrected chi connectivity index (χ3v) is 5.03. The van der Waals surface area contributed by atoms with Gasteiger partial charge in [-0.15, -0.1) is 0 Å². The van der Waals surface area contributed by atoms with Gasteiger partial charge in [0.15, 0.2) is 29.7 Å². The Kier molecular flexibility index (Phi) is 6.18. The maximum atomic E-state index is 12.6. The molecule has 34 heavy (non-hydrogen) atoms. The number of hydrogen-bond acceptors (Lipinski definition) is 8. The van der Waals surface area contributed by atoms with E-state index in [1.54, 1.807) is 30.3 Å². The van der Waals surface area contributed by atoms with Gasteiger partial charge in [-0.2, -0.15) is 0 Å². The SMILES string of the molecule is COc1cc(C=C2C(=O)c3ccccc3C2=O)ccc1OC(=O)COc1ccc([N+](=O)[O-])cc1. The van der Waals surface area contributed by atoms with Gasteiger partial charge < -0.3 is 14.2 Å². The first-order valence-corrected chi connectivity index (χ1v) is 10.0. The number of methoxy groups -OCH3 is 1. The zero-order chi connectivity index (χ0) is 24.2. The van der Waals surface area contributed by atoms with E-state index in [1.165, 1.54) is 49.6 Å². The number of benzene rings is 3. The largest absolute Gasteiger partial charge is 0.493 e. The Labute approximate surface area is 193 Å². The molecule has 0 spiro atoms. The third-order valence-electron chi connectivity index (χ3n) is 5.03. The molecule has 9 heteroatoms. The average Bonchev–Trinajstić information content (AvgIpc) is 3.08. The lowest BCUT2D eigenvalue weighted by Gasteiger charge is -2.11. The molecule has 3 aromatic rings. The molecule has 0 saturated heterocycles. The van der Waals surface area contributed by atoms with Gasteiger partial charge in [-0.3, -0.25) is 19.7 Å². The predicted molar refractivity (Wildman–Crippen MR) is 120 cm³/mol. The highest BCUT2D eigenvalue weighted by Gasteiger charge is 2.32. The number of nitro benzene ring substituents is 1. The van der Waals surface area contributed by atoms with Crippen molar-refractivity contribution in [1.29, 1.82) is 0 Å². The van der Waals surface area contributed by atoms with Crippen molar-refractivity contribution in [3.8, 4) is 17.2 Å². The number of carbonyl (C=O) groups excluding carboxylic acids is 3. The van der Waals surface area contributed by atoms with Gasteiger partial charge in [0.2, 0.25) is 0 Å². The molecule has 0 aromatic heterocycles. The van der Waals surface area contributed by atoms with Crippen LogP contribution < -0.4 is 14.2 Å². The summed E-state index contributed by atoms with van der Waals surface area (Å²) in [6.07, 6.45) is 1.47. The number of hydrogen-bond donors (Lipinski definition) is 0. The number of nitrogens with zero attached hydrogens (tertiary/aromatic N) is 1. The van der Waals surface area contributed by atoms with Crippen molar-refractivity contribution in [2.24, 2.45) is 0 Å². The van der Waals surface area contributed by atoms with E-state index in [9.17, 15) is 24.5 Å². The maximum Gasteiger partial charge on any atom is 0.349 e. The van der Waals surface area contributed by atoms with Crippen molar-refractivity contribution in [2.75, 3.05) is 13.7 Å². The number of allylic oxidation sites excluding steroid dienone is 1. The van der Waals surface area contributed by atoms with Crippen molar-refractivity contribution in [3.63, 3.8) is 0 Å². The fourth-order valence-corrected chi connectivity index (χ4v) is 3.39. The Morgan fingerprint density at radius 3 is 2.18 bits per heavy atom. The van der Waals surface area contributed by atoms with Crippen molar-refractivity contribution < 1.29 is 33.5 Å². The molecule has 0 atom stereocenters. The molecule has 170 valence electrons. The summed E-state index contributed by atoms with van der Waals surface area (Å²) in [4.78, 5) is 47.5. The van der Waals surface area contributed by atoms with Gasteiger partial charge in [0, 0.05) is 23.3 Å². The van der Waals surface area contributed by atoms with Gasteiger partial charge in [0.25, 0.3) is 5.69 Å². The molecule has 0 unspecified atom stereocenters. The fraction of sp³-hybridized carbons (Fsp3) is 0.0800. The highest BCUT2D eigenvalue weighted by Crippen LogP contribution is 2.32. The van der Waals surface area contributed by atoms with Crippen molar-refractivity contribution >= 4 is 29.3 Å². The number of fused-ring (bicyclic) bond motifs is 1. The molecular formula is C25H17NO8. The van der Waals surface area contributed by atoms with E-state index < -0.39 is 17.5 Å². The topological polar surface area (TPSA) is 122 Å². The number of ether oxygens (including phenoxy) is 3. The number of ketones is 2. The normalized spacial score (nSPS) is 12.2. The van der Waals surface area contributed by atoms with Crippen LogP contribution in [0, 0.1) is 10.1 Å². The van der Waals surface area contributed by atoms with Gasteiger partial charge in [-0.25, -0.2) is 4.79 Å². The lowest BCUT2D eigenvalue weighted by Crippen LogP contribution is -2.18. The zero-order valence-corrected chi connectivity index (χ0v) is 17.8. The molecule has 1 aliphatic rings. The summed E-state index contributed by atoms with van der Waals surface area (Å²) in [6, 6.07) is 16.5. The number of non-ortho nitro benzene ring substituents is 1. The monoisotopic (exact) mass is 459 g/mol. The minimum absolute atomic E-state index is 0.0458. The summed E-state index contributed by atoms with van der Waals surface area (Å²) in [5, 5.41) is 10.7. The highest BCUT2D eigenvalue weighted by atomic mass is 16.6. The first kappa shape index (κ1) is 22.4. The number of carbonyl (C=O) groups is 3. The molecule has 4 rings (SSSR count). The minimum atomic E-state index is -0.723. The molecule has 0 aliphatic heterocycles. The summed E-state index contributed by atoms with van der Waals surface area (Å²) in [5.41, 5.74) is 1.20. The number of nitro groups is 1. The molecule has 0 bridgehead atoms. The van der Waals surface area contributed by atoms with E-state index in [2.05, 4.69) is 0 Å². The van der Waals surface area contributed by atoms with Gasteiger partial charge in [-0.05, 0) is 35.9 Å². The Balaban J connectivity index is 1.45. The molecule has 3 aromatic carbocycles. The minimum Gasteiger partial charge on any atom is -0.493 e. The lowest BCUT2D eigenvalue weighted by molar-refractivity contribution is -0.384. The number of Topliss-reactive ketones (excluding diaryl/α,β-unsaturated/α-hetero) is 2. The van der Waals surface area contributed by atoms with E-state index in [0.29, 0.717) is 16.7 Å². The average molecular weight is 459 g/mol. The summed E-state index contributed by atoms with van der Waals surface area (Å²) in [7, 11) is 1.39. The van der Waals surface area contributed by atoms with Crippen LogP contribution in [0.25, 0.3) is 6.08 Å². The zero-order valence-electron chi connectivity index (χ0n) is 17.8. The fourth-order valence-electron chi connectivity index (χ4n) is 3.39. The summed E-state index contributed by atoms with van der Waals surface area (Å²) in [5.74, 6) is -0.817. The smallest absolute Gasteiger partial charge is 0.349 e. The van der Waals surface area contributed by atoms with Crippen LogP contribution in [-0.2, 0) is 4.79 Å². The first-order chi connectivity index (χ1) is 16.4. The quantitative estimate of drug-likeness (QED) is 0.130. The summed E-state index contributed by atoms with van der Waals surface area (Å²) in [6.45, 7) is -0.436. The van der Waals surface area contributed by atoms with Crippen LogP contribution >= 0.6 is 0 Å². The Bertz CT molecular complexity index is 1300. The van der Waals surface area contributed by atoms with Crippen molar-refractivity contribution in [2.45, 2.75) is 0 Å². The molecule has 1 aliphatic carbocycles. The Morgan fingerprint density at radius 1 is 0.941 bits per heavy atom. The van der Waals surface area contributed by atoms with Crippen LogP contribution in [0.5, 0.6) is 17.2 Å². The molecule has 0 amide bonds. The van der Waals surface area contributed by atoms with Gasteiger partial charge >= 0.3 is 5.97 Å². The molecule has 0 N–H and O–H groups in total. The van der Waals surface area contributed by atoms with E-state index >= 15 is 0 Å². The number of esters is 1. The van der Waals surface area contributed by atoms with E-state index in [1.807, 2.05) is 0 Å². The maximum absolute atomic E-state index is 12.6. The van der Waals surface area contributed by atoms with E-state index in [0.717, 1.165) is 0 Å². The molecule has 0 saturated carbocycles. The third kappa shape index (κ3) is 4.53. The summed E-state index contributed by atoms with van der Waals surface area (Å²) >= 11 is 0. The van der Waals surface area contributed by atoms with E-state index in [-0.39, 0.29) is 40.1 Å². The van der Waals surface area contributed by atoms with Crippen LogP contribution in [0.15, 0.2) is 72.3 Å². The number of rotatable bonds is 7. The molecule has 9 nitrogen and oxygen atoms in total. The van der Waals surface area contributed by atoms with Crippen LogP contribution in [0.4, 0.5) is 5.69 Å². The lowest BCUT2D eigenvalue weighted by atomic mass is 10.1. The first-order valence-electron chi connectivity index (χ1n) is 10.0. The summed E-state index contributed by atoms with van der Waals surface area (Å²) < 4.78 is 15.9.